The van der Waals surface area contributed by atoms with Crippen LogP contribution in [0.15, 0.2) is 51.9 Å². The van der Waals surface area contributed by atoms with E-state index < -0.39 is 33.1 Å². The molecular formula is C18H14ClF2N3O4S. The van der Waals surface area contributed by atoms with Gasteiger partial charge in [-0.2, -0.15) is 4.98 Å². The normalized spacial score (nSPS) is 11.4. The Morgan fingerprint density at radius 3 is 2.55 bits per heavy atom. The number of aryl methyl sites for hydroxylation is 1. The first kappa shape index (κ1) is 20.9. The molecule has 29 heavy (non-hydrogen) atoms. The van der Waals surface area contributed by atoms with E-state index in [1.165, 1.54) is 12.1 Å². The molecular weight excluding hydrogens is 428 g/mol. The minimum Gasteiger partial charge on any atom is -0.339 e. The summed E-state index contributed by atoms with van der Waals surface area (Å²) in [5.74, 6) is -2.29. The van der Waals surface area contributed by atoms with Crippen molar-refractivity contribution in [3.8, 4) is 0 Å². The van der Waals surface area contributed by atoms with Crippen molar-refractivity contribution in [2.75, 3.05) is 5.32 Å². The summed E-state index contributed by atoms with van der Waals surface area (Å²) in [5.41, 5.74) is -0.0176. The Bertz CT molecular complexity index is 1130. The van der Waals surface area contributed by atoms with Gasteiger partial charge in [0.05, 0.1) is 10.6 Å². The van der Waals surface area contributed by atoms with E-state index in [2.05, 4.69) is 15.5 Å². The summed E-state index contributed by atoms with van der Waals surface area (Å²) in [5, 5.41) is 6.18. The molecule has 0 saturated heterocycles. The molecule has 0 radical (unpaired) electrons. The molecule has 0 fully saturated rings. The van der Waals surface area contributed by atoms with Gasteiger partial charge in [0.1, 0.15) is 17.4 Å². The van der Waals surface area contributed by atoms with Crippen LogP contribution in [0, 0.1) is 11.6 Å². The number of halogens is 3. The van der Waals surface area contributed by atoms with Crippen LogP contribution in [-0.4, -0.2) is 24.5 Å². The molecule has 1 N–H and O–H groups in total. The molecule has 0 aliphatic rings. The van der Waals surface area contributed by atoms with Gasteiger partial charge in [-0.15, -0.1) is 0 Å². The van der Waals surface area contributed by atoms with E-state index in [9.17, 15) is 22.0 Å². The number of rotatable bonds is 7. The molecule has 0 spiro atoms. The van der Waals surface area contributed by atoms with Gasteiger partial charge in [0.25, 0.3) is 0 Å². The van der Waals surface area contributed by atoms with Crippen LogP contribution in [0.2, 0.25) is 5.02 Å². The van der Waals surface area contributed by atoms with Crippen LogP contribution in [0.4, 0.5) is 14.5 Å². The van der Waals surface area contributed by atoms with E-state index in [0.717, 1.165) is 30.3 Å². The molecule has 152 valence electrons. The third kappa shape index (κ3) is 5.58. The molecule has 1 aromatic heterocycles. The zero-order valence-corrected chi connectivity index (χ0v) is 16.3. The van der Waals surface area contributed by atoms with Crippen LogP contribution in [-0.2, 0) is 26.8 Å². The SMILES string of the molecule is O=C(CCc1nc(CS(=O)(=O)c2ccc(F)cc2)no1)Nc1ccc(Cl)cc1F. The van der Waals surface area contributed by atoms with Gasteiger partial charge in [-0.05, 0) is 42.5 Å². The average Bonchev–Trinajstić information content (AvgIpc) is 3.09. The van der Waals surface area contributed by atoms with Gasteiger partial charge in [-0.3, -0.25) is 4.79 Å². The highest BCUT2D eigenvalue weighted by Gasteiger charge is 2.20. The first-order chi connectivity index (χ1) is 13.7. The Kier molecular flexibility index (Phi) is 6.23. The number of nitrogens with zero attached hydrogens (tertiary/aromatic N) is 2. The summed E-state index contributed by atoms with van der Waals surface area (Å²) in [6, 6.07) is 8.21. The van der Waals surface area contributed by atoms with Gasteiger partial charge in [-0.25, -0.2) is 17.2 Å². The number of hydrogen-bond donors (Lipinski definition) is 1. The number of sulfone groups is 1. The van der Waals surface area contributed by atoms with Crippen molar-refractivity contribution in [1.82, 2.24) is 10.1 Å². The van der Waals surface area contributed by atoms with Crippen molar-refractivity contribution in [2.24, 2.45) is 0 Å². The first-order valence-corrected chi connectivity index (χ1v) is 10.3. The summed E-state index contributed by atoms with van der Waals surface area (Å²) in [6.45, 7) is 0. The summed E-state index contributed by atoms with van der Waals surface area (Å²) in [7, 11) is -3.78. The Hall–Kier alpha value is -2.85. The predicted molar refractivity (Wildman–Crippen MR) is 99.9 cm³/mol. The minimum absolute atomic E-state index is 0.0176. The summed E-state index contributed by atoms with van der Waals surface area (Å²) >= 11 is 5.65. The van der Waals surface area contributed by atoms with Gasteiger partial charge in [0.15, 0.2) is 15.7 Å². The molecule has 11 heteroatoms. The first-order valence-electron chi connectivity index (χ1n) is 8.27. The minimum atomic E-state index is -3.78. The van der Waals surface area contributed by atoms with Gasteiger partial charge in [-0.1, -0.05) is 16.8 Å². The standard InChI is InChI=1S/C18H14ClF2N3O4S/c19-11-1-6-15(14(21)9-11)22-17(25)7-8-18-23-16(24-28-18)10-29(26,27)13-4-2-12(20)3-5-13/h1-6,9H,7-8,10H2,(H,22,25). The van der Waals surface area contributed by atoms with E-state index in [0.29, 0.717) is 0 Å². The predicted octanol–water partition coefficient (Wildman–Crippen LogP) is 3.55. The topological polar surface area (TPSA) is 102 Å². The summed E-state index contributed by atoms with van der Waals surface area (Å²) < 4.78 is 56.2. The fourth-order valence-electron chi connectivity index (χ4n) is 2.37. The van der Waals surface area contributed by atoms with E-state index in [4.69, 9.17) is 16.1 Å². The highest BCUT2D eigenvalue weighted by molar-refractivity contribution is 7.90. The maximum atomic E-state index is 13.7. The molecule has 0 bridgehead atoms. The smallest absolute Gasteiger partial charge is 0.227 e. The van der Waals surface area contributed by atoms with Crippen molar-refractivity contribution < 1.29 is 26.5 Å². The monoisotopic (exact) mass is 441 g/mol. The highest BCUT2D eigenvalue weighted by atomic mass is 35.5. The largest absolute Gasteiger partial charge is 0.339 e. The lowest BCUT2D eigenvalue weighted by Gasteiger charge is -2.05. The van der Waals surface area contributed by atoms with Crippen LogP contribution >= 0.6 is 11.6 Å². The van der Waals surface area contributed by atoms with Gasteiger partial charge in [0, 0.05) is 17.9 Å². The van der Waals surface area contributed by atoms with Crippen molar-refractivity contribution in [3.05, 3.63) is 70.8 Å². The second-order valence-electron chi connectivity index (χ2n) is 5.99. The molecule has 3 aromatic rings. The molecule has 0 saturated carbocycles. The van der Waals surface area contributed by atoms with Crippen LogP contribution in [0.5, 0.6) is 0 Å². The lowest BCUT2D eigenvalue weighted by Crippen LogP contribution is -2.13. The number of anilines is 1. The Balaban J connectivity index is 1.57. The highest BCUT2D eigenvalue weighted by Crippen LogP contribution is 2.19. The van der Waals surface area contributed by atoms with Crippen molar-refractivity contribution in [1.29, 1.82) is 0 Å². The number of nitrogens with one attached hydrogen (secondary N) is 1. The zero-order valence-electron chi connectivity index (χ0n) is 14.7. The van der Waals surface area contributed by atoms with Gasteiger partial charge >= 0.3 is 0 Å². The lowest BCUT2D eigenvalue weighted by molar-refractivity contribution is -0.116. The molecule has 0 unspecified atom stereocenters. The number of carbonyl (C=O) groups is 1. The molecule has 0 aliphatic carbocycles. The second kappa shape index (κ2) is 8.66. The Morgan fingerprint density at radius 2 is 1.86 bits per heavy atom. The number of hydrogen-bond acceptors (Lipinski definition) is 6. The molecule has 7 nitrogen and oxygen atoms in total. The fourth-order valence-corrected chi connectivity index (χ4v) is 3.70. The van der Waals surface area contributed by atoms with Crippen LogP contribution in [0.25, 0.3) is 0 Å². The summed E-state index contributed by atoms with van der Waals surface area (Å²) in [4.78, 5) is 15.8. The second-order valence-corrected chi connectivity index (χ2v) is 8.42. The lowest BCUT2D eigenvalue weighted by atomic mass is 10.2. The van der Waals surface area contributed by atoms with Crippen LogP contribution in [0.3, 0.4) is 0 Å². The van der Waals surface area contributed by atoms with Gasteiger partial charge in [0.2, 0.25) is 11.8 Å². The van der Waals surface area contributed by atoms with E-state index in [-0.39, 0.29) is 40.2 Å². The third-order valence-corrected chi connectivity index (χ3v) is 5.64. The molecule has 1 amide bonds. The maximum Gasteiger partial charge on any atom is 0.227 e. The Labute approximate surface area is 169 Å². The number of benzene rings is 2. The van der Waals surface area contributed by atoms with Crippen molar-refractivity contribution in [3.63, 3.8) is 0 Å². The van der Waals surface area contributed by atoms with Crippen molar-refractivity contribution >= 4 is 33.0 Å². The molecule has 3 rings (SSSR count). The van der Waals surface area contributed by atoms with E-state index in [1.54, 1.807) is 0 Å². The average molecular weight is 442 g/mol. The number of aromatic nitrogens is 2. The maximum absolute atomic E-state index is 13.7. The molecule has 0 aliphatic heterocycles. The number of carbonyl (C=O) groups excluding carboxylic acids is 1. The quantitative estimate of drug-likeness (QED) is 0.562. The number of amides is 1. The third-order valence-electron chi connectivity index (χ3n) is 3.77. The van der Waals surface area contributed by atoms with Gasteiger partial charge < -0.3 is 9.84 Å². The van der Waals surface area contributed by atoms with Crippen LogP contribution in [0.1, 0.15) is 18.1 Å². The zero-order chi connectivity index (χ0) is 21.0. The molecule has 2 aromatic carbocycles. The van der Waals surface area contributed by atoms with E-state index >= 15 is 0 Å². The molecule has 1 heterocycles. The Morgan fingerprint density at radius 1 is 1.14 bits per heavy atom. The molecule has 0 atom stereocenters. The van der Waals surface area contributed by atoms with Crippen molar-refractivity contribution in [2.45, 2.75) is 23.5 Å². The fraction of sp³-hybridized carbons (Fsp3) is 0.167. The summed E-state index contributed by atoms with van der Waals surface area (Å²) in [6.07, 6.45) is -0.0565. The van der Waals surface area contributed by atoms with Crippen LogP contribution < -0.4 is 5.32 Å². The van der Waals surface area contributed by atoms with E-state index in [1.807, 2.05) is 0 Å².